The molecule has 3 aromatic carbocycles. The van der Waals surface area contributed by atoms with Crippen molar-refractivity contribution in [1.29, 1.82) is 0 Å². The third kappa shape index (κ3) is 4.04. The summed E-state index contributed by atoms with van der Waals surface area (Å²) in [6.07, 6.45) is 3.28. The third-order valence-electron chi connectivity index (χ3n) is 3.86. The number of nitrogens with one attached hydrogen (secondary N) is 1. The minimum atomic E-state index is -0.240. The summed E-state index contributed by atoms with van der Waals surface area (Å²) in [6.45, 7) is 0. The minimum absolute atomic E-state index is 0.240. The molecule has 27 heavy (non-hydrogen) atoms. The normalized spacial score (nSPS) is 10.6. The van der Waals surface area contributed by atoms with E-state index >= 15 is 0 Å². The van der Waals surface area contributed by atoms with Crippen LogP contribution in [0.3, 0.4) is 0 Å². The Hall–Kier alpha value is -3.44. The molecule has 1 amide bonds. The van der Waals surface area contributed by atoms with E-state index in [9.17, 15) is 4.79 Å². The molecular weight excluding hydrogens is 362 g/mol. The zero-order valence-electron chi connectivity index (χ0n) is 14.1. The van der Waals surface area contributed by atoms with Gasteiger partial charge in [0.25, 0.3) is 5.91 Å². The molecule has 0 saturated carbocycles. The predicted molar refractivity (Wildman–Crippen MR) is 105 cm³/mol. The number of nitrogens with zero attached hydrogens (tertiary/aromatic N) is 2. The van der Waals surface area contributed by atoms with E-state index in [0.717, 1.165) is 11.0 Å². The number of carbonyl (C=O) groups excluding carboxylic acids is 1. The zero-order valence-corrected chi connectivity index (χ0v) is 14.9. The maximum absolute atomic E-state index is 12.4. The summed E-state index contributed by atoms with van der Waals surface area (Å²) in [5.41, 5.74) is 2.66. The van der Waals surface area contributed by atoms with Crippen LogP contribution in [0, 0.1) is 0 Å². The van der Waals surface area contributed by atoms with Crippen LogP contribution in [0.25, 0.3) is 11.0 Å². The Kier molecular flexibility index (Phi) is 4.68. The molecule has 0 saturated heterocycles. The number of rotatable bonds is 4. The number of carbonyl (C=O) groups is 1. The van der Waals surface area contributed by atoms with E-state index in [0.29, 0.717) is 27.8 Å². The van der Waals surface area contributed by atoms with Crippen LogP contribution in [0.2, 0.25) is 5.02 Å². The fourth-order valence-corrected chi connectivity index (χ4v) is 2.80. The van der Waals surface area contributed by atoms with E-state index in [1.165, 1.54) is 0 Å². The van der Waals surface area contributed by atoms with E-state index < -0.39 is 0 Å². The number of anilines is 1. The van der Waals surface area contributed by atoms with Gasteiger partial charge >= 0.3 is 0 Å². The van der Waals surface area contributed by atoms with Gasteiger partial charge in [0.1, 0.15) is 11.5 Å². The van der Waals surface area contributed by atoms with E-state index in [1.54, 1.807) is 48.8 Å². The van der Waals surface area contributed by atoms with Gasteiger partial charge in [-0.1, -0.05) is 23.7 Å². The second-order valence-corrected chi connectivity index (χ2v) is 6.24. The highest BCUT2D eigenvalue weighted by molar-refractivity contribution is 6.31. The largest absolute Gasteiger partial charge is 0.457 e. The van der Waals surface area contributed by atoms with Gasteiger partial charge in [0.15, 0.2) is 0 Å². The number of hydrogen-bond donors (Lipinski definition) is 1. The molecule has 132 valence electrons. The molecule has 0 spiro atoms. The molecule has 5 nitrogen and oxygen atoms in total. The Morgan fingerprint density at radius 2 is 1.63 bits per heavy atom. The second kappa shape index (κ2) is 7.43. The predicted octanol–water partition coefficient (Wildman–Crippen LogP) is 5.33. The summed E-state index contributed by atoms with van der Waals surface area (Å²) in [4.78, 5) is 20.9. The van der Waals surface area contributed by atoms with Crippen LogP contribution in [0.15, 0.2) is 79.1 Å². The first-order chi connectivity index (χ1) is 13.2. The first-order valence-electron chi connectivity index (χ1n) is 8.23. The van der Waals surface area contributed by atoms with Crippen molar-refractivity contribution in [2.24, 2.45) is 0 Å². The van der Waals surface area contributed by atoms with Crippen LogP contribution in [-0.2, 0) is 0 Å². The lowest BCUT2D eigenvalue weighted by Crippen LogP contribution is -2.11. The SMILES string of the molecule is O=C(Nc1cccc(Oc2ccc3nccnc3c2)c1)c1cccc(Cl)c1. The number of hydrogen-bond acceptors (Lipinski definition) is 4. The van der Waals surface area contributed by atoms with Crippen LogP contribution >= 0.6 is 11.6 Å². The monoisotopic (exact) mass is 375 g/mol. The van der Waals surface area contributed by atoms with Gasteiger partial charge in [-0.25, -0.2) is 0 Å². The van der Waals surface area contributed by atoms with E-state index in [2.05, 4.69) is 15.3 Å². The van der Waals surface area contributed by atoms with E-state index in [-0.39, 0.29) is 5.91 Å². The van der Waals surface area contributed by atoms with Gasteiger partial charge < -0.3 is 10.1 Å². The van der Waals surface area contributed by atoms with Crippen molar-refractivity contribution < 1.29 is 9.53 Å². The Morgan fingerprint density at radius 3 is 2.48 bits per heavy atom. The van der Waals surface area contributed by atoms with Crippen molar-refractivity contribution in [3.8, 4) is 11.5 Å². The fourth-order valence-electron chi connectivity index (χ4n) is 2.61. The second-order valence-electron chi connectivity index (χ2n) is 5.80. The molecular formula is C21H14ClN3O2. The quantitative estimate of drug-likeness (QED) is 0.523. The number of fused-ring (bicyclic) bond motifs is 1. The molecule has 1 aromatic heterocycles. The number of halogens is 1. The maximum Gasteiger partial charge on any atom is 0.255 e. The lowest BCUT2D eigenvalue weighted by Gasteiger charge is -2.09. The van der Waals surface area contributed by atoms with Crippen LogP contribution in [-0.4, -0.2) is 15.9 Å². The number of aromatic nitrogens is 2. The van der Waals surface area contributed by atoms with Gasteiger partial charge in [0.05, 0.1) is 11.0 Å². The molecule has 0 radical (unpaired) electrons. The molecule has 0 aliphatic heterocycles. The lowest BCUT2D eigenvalue weighted by atomic mass is 10.2. The highest BCUT2D eigenvalue weighted by atomic mass is 35.5. The van der Waals surface area contributed by atoms with Crippen molar-refractivity contribution in [1.82, 2.24) is 9.97 Å². The van der Waals surface area contributed by atoms with Crippen molar-refractivity contribution in [2.75, 3.05) is 5.32 Å². The first kappa shape index (κ1) is 17.0. The molecule has 0 atom stereocenters. The summed E-state index contributed by atoms with van der Waals surface area (Å²) >= 11 is 5.94. The van der Waals surface area contributed by atoms with Gasteiger partial charge in [0, 0.05) is 40.8 Å². The maximum atomic E-state index is 12.4. The standard InChI is InChI=1S/C21H14ClN3O2/c22-15-4-1-3-14(11-15)21(26)25-16-5-2-6-17(12-16)27-18-7-8-19-20(13-18)24-10-9-23-19/h1-13H,(H,25,26). The van der Waals surface area contributed by atoms with Gasteiger partial charge in [-0.05, 0) is 42.5 Å². The molecule has 0 aliphatic rings. The summed E-state index contributed by atoms with van der Waals surface area (Å²) in [7, 11) is 0. The Bertz CT molecular complexity index is 1130. The zero-order chi connectivity index (χ0) is 18.6. The van der Waals surface area contributed by atoms with Crippen molar-refractivity contribution in [3.63, 3.8) is 0 Å². The van der Waals surface area contributed by atoms with Crippen LogP contribution in [0.1, 0.15) is 10.4 Å². The molecule has 1 heterocycles. The minimum Gasteiger partial charge on any atom is -0.457 e. The lowest BCUT2D eigenvalue weighted by molar-refractivity contribution is 0.102. The number of ether oxygens (including phenoxy) is 1. The third-order valence-corrected chi connectivity index (χ3v) is 4.09. The average Bonchev–Trinajstić information content (AvgIpc) is 2.68. The highest BCUT2D eigenvalue weighted by Gasteiger charge is 2.08. The average molecular weight is 376 g/mol. The topological polar surface area (TPSA) is 64.1 Å². The molecule has 0 aliphatic carbocycles. The molecule has 4 aromatic rings. The molecule has 6 heteroatoms. The Balaban J connectivity index is 1.52. The van der Waals surface area contributed by atoms with Gasteiger partial charge in [0.2, 0.25) is 0 Å². The van der Waals surface area contributed by atoms with Crippen LogP contribution in [0.5, 0.6) is 11.5 Å². The van der Waals surface area contributed by atoms with Gasteiger partial charge in [-0.3, -0.25) is 14.8 Å². The summed E-state index contributed by atoms with van der Waals surface area (Å²) in [5.74, 6) is 0.999. The summed E-state index contributed by atoms with van der Waals surface area (Å²) in [5, 5.41) is 3.35. The van der Waals surface area contributed by atoms with Gasteiger partial charge in [-0.2, -0.15) is 0 Å². The van der Waals surface area contributed by atoms with Crippen molar-refractivity contribution >= 4 is 34.2 Å². The molecule has 1 N–H and O–H groups in total. The molecule has 0 unspecified atom stereocenters. The van der Waals surface area contributed by atoms with E-state index in [4.69, 9.17) is 16.3 Å². The summed E-state index contributed by atoms with van der Waals surface area (Å²) < 4.78 is 5.89. The van der Waals surface area contributed by atoms with Crippen molar-refractivity contribution in [3.05, 3.63) is 89.7 Å². The molecule has 4 rings (SSSR count). The molecule has 0 bridgehead atoms. The first-order valence-corrected chi connectivity index (χ1v) is 8.61. The van der Waals surface area contributed by atoms with E-state index in [1.807, 2.05) is 30.3 Å². The van der Waals surface area contributed by atoms with Crippen LogP contribution in [0.4, 0.5) is 5.69 Å². The summed E-state index contributed by atoms with van der Waals surface area (Å²) in [6, 6.07) is 19.4. The molecule has 0 fully saturated rings. The Morgan fingerprint density at radius 1 is 0.852 bits per heavy atom. The smallest absolute Gasteiger partial charge is 0.255 e. The number of amides is 1. The van der Waals surface area contributed by atoms with Crippen LogP contribution < -0.4 is 10.1 Å². The van der Waals surface area contributed by atoms with Crippen molar-refractivity contribution in [2.45, 2.75) is 0 Å². The highest BCUT2D eigenvalue weighted by Crippen LogP contribution is 2.26. The van der Waals surface area contributed by atoms with Gasteiger partial charge in [-0.15, -0.1) is 0 Å². The number of benzene rings is 3. The Labute approximate surface area is 160 Å². The fraction of sp³-hybridized carbons (Fsp3) is 0.